The molecule has 170 valence electrons. The number of aryl methyl sites for hydroxylation is 1. The fourth-order valence-corrected chi connectivity index (χ4v) is 4.99. The molecule has 0 saturated heterocycles. The van der Waals surface area contributed by atoms with E-state index >= 15 is 0 Å². The normalized spacial score (nSPS) is 17.1. The van der Waals surface area contributed by atoms with E-state index in [0.29, 0.717) is 12.6 Å². The van der Waals surface area contributed by atoms with Gasteiger partial charge in [0.2, 0.25) is 0 Å². The zero-order chi connectivity index (χ0) is 22.8. The van der Waals surface area contributed by atoms with Crippen molar-refractivity contribution in [3.05, 3.63) is 84.2 Å². The number of fused-ring (bicyclic) bond motifs is 2. The van der Waals surface area contributed by atoms with Crippen molar-refractivity contribution in [2.24, 2.45) is 7.05 Å². The molecule has 1 aliphatic heterocycles. The number of imidazole rings is 1. The number of benzene rings is 3. The van der Waals surface area contributed by atoms with Crippen molar-refractivity contribution in [1.82, 2.24) is 14.5 Å². The molecule has 0 radical (unpaired) electrons. The van der Waals surface area contributed by atoms with E-state index in [-0.39, 0.29) is 6.61 Å². The van der Waals surface area contributed by atoms with Gasteiger partial charge >= 0.3 is 0 Å². The fraction of sp³-hybridized carbons (Fsp3) is 0.321. The third kappa shape index (κ3) is 4.52. The van der Waals surface area contributed by atoms with Gasteiger partial charge in [0, 0.05) is 26.2 Å². The lowest BCUT2D eigenvalue weighted by Gasteiger charge is -2.38. The van der Waals surface area contributed by atoms with Gasteiger partial charge in [0.1, 0.15) is 18.5 Å². The molecule has 5 nitrogen and oxygen atoms in total. The SMILES string of the molecule is CCC1c2ccccc2CCN1CC(O)COc1cccc(-c2ccc3ncn(C)c3c2)c1. The third-order valence-electron chi connectivity index (χ3n) is 6.69. The average molecular weight is 442 g/mol. The number of β-amino-alcohol motifs (C(OH)–C–C–N with tert-alkyl or cyclic N) is 1. The summed E-state index contributed by atoms with van der Waals surface area (Å²) in [6.07, 6.45) is 3.36. The molecule has 2 atom stereocenters. The molecular weight excluding hydrogens is 410 g/mol. The summed E-state index contributed by atoms with van der Waals surface area (Å²) < 4.78 is 8.04. The molecule has 2 unspecified atom stereocenters. The molecule has 4 aromatic rings. The molecule has 0 aliphatic carbocycles. The average Bonchev–Trinajstić information content (AvgIpc) is 3.23. The van der Waals surface area contributed by atoms with Crippen LogP contribution in [0.25, 0.3) is 22.2 Å². The highest BCUT2D eigenvalue weighted by Gasteiger charge is 2.27. The topological polar surface area (TPSA) is 50.5 Å². The molecule has 5 rings (SSSR count). The number of aliphatic hydroxyl groups excluding tert-OH is 1. The molecule has 33 heavy (non-hydrogen) atoms. The van der Waals surface area contributed by atoms with Gasteiger partial charge in [0.05, 0.1) is 17.4 Å². The predicted molar refractivity (Wildman–Crippen MR) is 132 cm³/mol. The highest BCUT2D eigenvalue weighted by Crippen LogP contribution is 2.32. The van der Waals surface area contributed by atoms with E-state index in [1.165, 1.54) is 11.1 Å². The summed E-state index contributed by atoms with van der Waals surface area (Å²) in [5.74, 6) is 0.771. The van der Waals surface area contributed by atoms with Gasteiger partial charge in [-0.05, 0) is 59.4 Å². The molecule has 0 fully saturated rings. The van der Waals surface area contributed by atoms with Crippen LogP contribution in [0.3, 0.4) is 0 Å². The second-order valence-electron chi connectivity index (χ2n) is 8.92. The van der Waals surface area contributed by atoms with Gasteiger partial charge in [0.25, 0.3) is 0 Å². The maximum absolute atomic E-state index is 10.8. The van der Waals surface area contributed by atoms with Crippen LogP contribution in [0.1, 0.15) is 30.5 Å². The van der Waals surface area contributed by atoms with E-state index in [1.54, 1.807) is 0 Å². The Hall–Kier alpha value is -3.15. The molecule has 0 saturated carbocycles. The number of nitrogens with zero attached hydrogens (tertiary/aromatic N) is 3. The Kier molecular flexibility index (Phi) is 6.16. The summed E-state index contributed by atoms with van der Waals surface area (Å²) in [5.41, 5.74) is 7.13. The van der Waals surface area contributed by atoms with Crippen molar-refractivity contribution in [3.8, 4) is 16.9 Å². The molecule has 1 N–H and O–H groups in total. The Bertz CT molecular complexity index is 1250. The minimum atomic E-state index is -0.543. The first-order chi connectivity index (χ1) is 16.1. The number of ether oxygens (including phenoxy) is 1. The monoisotopic (exact) mass is 441 g/mol. The standard InChI is InChI=1S/C28H31N3O2/c1-3-27-25-10-5-4-7-20(25)13-14-31(27)17-23(32)18-33-24-9-6-8-21(15-24)22-11-12-26-28(16-22)30(2)19-29-26/h4-12,15-16,19,23,27,32H,3,13-14,17-18H2,1-2H3. The van der Waals surface area contributed by atoms with Crippen molar-refractivity contribution in [3.63, 3.8) is 0 Å². The first kappa shape index (κ1) is 21.7. The second kappa shape index (κ2) is 9.38. The lowest BCUT2D eigenvalue weighted by molar-refractivity contribution is 0.0475. The Balaban J connectivity index is 1.24. The Morgan fingerprint density at radius 2 is 1.91 bits per heavy atom. The maximum atomic E-state index is 10.8. The van der Waals surface area contributed by atoms with Crippen molar-refractivity contribution in [2.45, 2.75) is 31.9 Å². The second-order valence-corrected chi connectivity index (χ2v) is 8.92. The van der Waals surface area contributed by atoms with Crippen molar-refractivity contribution >= 4 is 11.0 Å². The van der Waals surface area contributed by atoms with E-state index in [1.807, 2.05) is 42.2 Å². The van der Waals surface area contributed by atoms with Crippen molar-refractivity contribution in [2.75, 3.05) is 19.7 Å². The molecule has 5 heteroatoms. The first-order valence-electron chi connectivity index (χ1n) is 11.8. The molecule has 0 spiro atoms. The quantitative estimate of drug-likeness (QED) is 0.439. The van der Waals surface area contributed by atoms with Gasteiger partial charge in [-0.3, -0.25) is 4.90 Å². The van der Waals surface area contributed by atoms with Crippen LogP contribution in [0.4, 0.5) is 0 Å². The van der Waals surface area contributed by atoms with E-state index < -0.39 is 6.10 Å². The summed E-state index contributed by atoms with van der Waals surface area (Å²) in [6, 6.07) is 23.4. The number of aromatic nitrogens is 2. The Morgan fingerprint density at radius 3 is 2.79 bits per heavy atom. The minimum absolute atomic E-state index is 0.277. The van der Waals surface area contributed by atoms with Crippen LogP contribution in [-0.2, 0) is 13.5 Å². The van der Waals surface area contributed by atoms with Gasteiger partial charge < -0.3 is 14.4 Å². The molecule has 0 bridgehead atoms. The maximum Gasteiger partial charge on any atom is 0.120 e. The molecule has 1 aromatic heterocycles. The van der Waals surface area contributed by atoms with Crippen LogP contribution in [0.15, 0.2) is 73.1 Å². The zero-order valence-electron chi connectivity index (χ0n) is 19.3. The zero-order valence-corrected chi connectivity index (χ0v) is 19.3. The van der Waals surface area contributed by atoms with E-state index in [2.05, 4.69) is 59.3 Å². The Labute approximate surface area is 195 Å². The van der Waals surface area contributed by atoms with Gasteiger partial charge in [-0.1, -0.05) is 49.4 Å². The van der Waals surface area contributed by atoms with Gasteiger partial charge in [0.15, 0.2) is 0 Å². The molecule has 0 amide bonds. The lowest BCUT2D eigenvalue weighted by atomic mass is 9.91. The smallest absolute Gasteiger partial charge is 0.120 e. The van der Waals surface area contributed by atoms with E-state index in [0.717, 1.165) is 47.3 Å². The summed E-state index contributed by atoms with van der Waals surface area (Å²) in [5, 5.41) is 10.8. The van der Waals surface area contributed by atoms with Crippen molar-refractivity contribution in [1.29, 1.82) is 0 Å². The highest BCUT2D eigenvalue weighted by molar-refractivity contribution is 5.82. The summed E-state index contributed by atoms with van der Waals surface area (Å²) >= 11 is 0. The number of hydrogen-bond acceptors (Lipinski definition) is 4. The molecule has 1 aliphatic rings. The van der Waals surface area contributed by atoms with Gasteiger partial charge in [-0.2, -0.15) is 0 Å². The molecule has 2 heterocycles. The highest BCUT2D eigenvalue weighted by atomic mass is 16.5. The summed E-state index contributed by atoms with van der Waals surface area (Å²) in [7, 11) is 2.00. The van der Waals surface area contributed by atoms with Gasteiger partial charge in [-0.15, -0.1) is 0 Å². The fourth-order valence-electron chi connectivity index (χ4n) is 4.99. The van der Waals surface area contributed by atoms with Crippen LogP contribution in [0.5, 0.6) is 5.75 Å². The van der Waals surface area contributed by atoms with Crippen LogP contribution in [-0.4, -0.2) is 45.4 Å². The molecular formula is C28H31N3O2. The lowest BCUT2D eigenvalue weighted by Crippen LogP contribution is -2.41. The van der Waals surface area contributed by atoms with Gasteiger partial charge in [-0.25, -0.2) is 4.98 Å². The van der Waals surface area contributed by atoms with Crippen LogP contribution < -0.4 is 4.74 Å². The number of aliphatic hydroxyl groups is 1. The molecule has 3 aromatic carbocycles. The predicted octanol–water partition coefficient (Wildman–Crippen LogP) is 4.99. The van der Waals surface area contributed by atoms with E-state index in [9.17, 15) is 5.11 Å². The van der Waals surface area contributed by atoms with Crippen LogP contribution in [0, 0.1) is 0 Å². The Morgan fingerprint density at radius 1 is 1.06 bits per heavy atom. The van der Waals surface area contributed by atoms with Crippen LogP contribution >= 0.6 is 0 Å². The largest absolute Gasteiger partial charge is 0.491 e. The minimum Gasteiger partial charge on any atom is -0.491 e. The first-order valence-corrected chi connectivity index (χ1v) is 11.8. The van der Waals surface area contributed by atoms with Crippen molar-refractivity contribution < 1.29 is 9.84 Å². The number of hydrogen-bond donors (Lipinski definition) is 1. The van der Waals surface area contributed by atoms with E-state index in [4.69, 9.17) is 4.74 Å². The number of rotatable bonds is 7. The third-order valence-corrected chi connectivity index (χ3v) is 6.69. The summed E-state index contributed by atoms with van der Waals surface area (Å²) in [4.78, 5) is 6.80. The van der Waals surface area contributed by atoms with Crippen LogP contribution in [0.2, 0.25) is 0 Å². The summed E-state index contributed by atoms with van der Waals surface area (Å²) in [6.45, 7) is 4.08.